The number of fused-ring (bicyclic) bond motifs is 1. The Bertz CT molecular complexity index is 1170. The van der Waals surface area contributed by atoms with Crippen LogP contribution in [0.1, 0.15) is 12.0 Å². The third kappa shape index (κ3) is 4.54. The second-order valence-corrected chi connectivity index (χ2v) is 7.93. The fourth-order valence-electron chi connectivity index (χ4n) is 3.66. The third-order valence-electron chi connectivity index (χ3n) is 5.32. The number of halogens is 1. The van der Waals surface area contributed by atoms with Gasteiger partial charge in [-0.15, -0.1) is 0 Å². The predicted molar refractivity (Wildman–Crippen MR) is 120 cm³/mol. The van der Waals surface area contributed by atoms with E-state index >= 15 is 0 Å². The minimum atomic E-state index is -0.618. The van der Waals surface area contributed by atoms with Crippen molar-refractivity contribution in [3.63, 3.8) is 0 Å². The fourth-order valence-corrected chi connectivity index (χ4v) is 3.84. The molecular weight excluding hydrogens is 416 g/mol. The number of benzene rings is 3. The summed E-state index contributed by atoms with van der Waals surface area (Å²) in [6.45, 7) is 1.66. The molecule has 1 saturated heterocycles. The van der Waals surface area contributed by atoms with Crippen LogP contribution in [0.2, 0.25) is 5.02 Å². The van der Waals surface area contributed by atoms with Gasteiger partial charge in [0, 0.05) is 29.1 Å². The van der Waals surface area contributed by atoms with Gasteiger partial charge >= 0.3 is 5.97 Å². The standard InChI is InChI=1S/C24H21ClN2O4/c1-15-9-10-18(12-20(15)25)26-22(28)14-31-24(30)17-11-23(29)27(13-17)21-8-4-6-16-5-2-3-7-19(16)21/h2-10,12,17H,11,13-14H2,1H3,(H,26,28)/t17-/m0/s1. The molecular formula is C24H21ClN2O4. The van der Waals surface area contributed by atoms with Crippen LogP contribution in [0, 0.1) is 12.8 Å². The van der Waals surface area contributed by atoms with Crippen molar-refractivity contribution in [3.05, 3.63) is 71.2 Å². The number of amides is 2. The van der Waals surface area contributed by atoms with Gasteiger partial charge in [0.05, 0.1) is 11.6 Å². The van der Waals surface area contributed by atoms with Crippen molar-refractivity contribution in [1.29, 1.82) is 0 Å². The van der Waals surface area contributed by atoms with Crippen LogP contribution in [0.4, 0.5) is 11.4 Å². The van der Waals surface area contributed by atoms with Gasteiger partial charge in [0.25, 0.3) is 5.91 Å². The van der Waals surface area contributed by atoms with Crippen LogP contribution in [-0.2, 0) is 19.1 Å². The molecule has 0 radical (unpaired) electrons. The van der Waals surface area contributed by atoms with Crippen molar-refractivity contribution < 1.29 is 19.1 Å². The average molecular weight is 437 g/mol. The van der Waals surface area contributed by atoms with Crippen LogP contribution in [0.3, 0.4) is 0 Å². The molecule has 0 bridgehead atoms. The summed E-state index contributed by atoms with van der Waals surface area (Å²) in [5.74, 6) is -1.79. The Morgan fingerprint density at radius 2 is 1.90 bits per heavy atom. The lowest BCUT2D eigenvalue weighted by atomic mass is 10.1. The van der Waals surface area contributed by atoms with E-state index in [0.29, 0.717) is 10.7 Å². The van der Waals surface area contributed by atoms with Crippen LogP contribution in [0.15, 0.2) is 60.7 Å². The maximum absolute atomic E-state index is 12.6. The van der Waals surface area contributed by atoms with Crippen LogP contribution in [0.25, 0.3) is 10.8 Å². The Labute approximate surface area is 184 Å². The van der Waals surface area contributed by atoms with Crippen molar-refractivity contribution in [1.82, 2.24) is 0 Å². The Hall–Kier alpha value is -3.38. The molecule has 0 saturated carbocycles. The zero-order valence-corrected chi connectivity index (χ0v) is 17.7. The SMILES string of the molecule is Cc1ccc(NC(=O)COC(=O)[C@H]2CC(=O)N(c3cccc4ccccc34)C2)cc1Cl. The largest absolute Gasteiger partial charge is 0.455 e. The van der Waals surface area contributed by atoms with E-state index in [2.05, 4.69) is 5.32 Å². The van der Waals surface area contributed by atoms with Crippen LogP contribution >= 0.6 is 11.6 Å². The molecule has 4 rings (SSSR count). The van der Waals surface area contributed by atoms with E-state index in [9.17, 15) is 14.4 Å². The van der Waals surface area contributed by atoms with Crippen LogP contribution in [-0.4, -0.2) is 30.9 Å². The maximum atomic E-state index is 12.6. The molecule has 0 unspecified atom stereocenters. The highest BCUT2D eigenvalue weighted by molar-refractivity contribution is 6.31. The highest BCUT2D eigenvalue weighted by Gasteiger charge is 2.36. The summed E-state index contributed by atoms with van der Waals surface area (Å²) in [5.41, 5.74) is 2.19. The smallest absolute Gasteiger partial charge is 0.311 e. The van der Waals surface area contributed by atoms with E-state index in [-0.39, 0.29) is 18.9 Å². The van der Waals surface area contributed by atoms with Gasteiger partial charge < -0.3 is 15.0 Å². The molecule has 0 spiro atoms. The maximum Gasteiger partial charge on any atom is 0.311 e. The van der Waals surface area contributed by atoms with Gasteiger partial charge in [0.1, 0.15) is 0 Å². The summed E-state index contributed by atoms with van der Waals surface area (Å²) in [4.78, 5) is 38.8. The van der Waals surface area contributed by atoms with Gasteiger partial charge in [0.2, 0.25) is 5.91 Å². The second kappa shape index (κ2) is 8.78. The Kier molecular flexibility index (Phi) is 5.91. The number of hydrogen-bond donors (Lipinski definition) is 1. The third-order valence-corrected chi connectivity index (χ3v) is 5.72. The van der Waals surface area contributed by atoms with E-state index in [4.69, 9.17) is 16.3 Å². The first-order chi connectivity index (χ1) is 14.9. The average Bonchev–Trinajstić information content (AvgIpc) is 3.15. The second-order valence-electron chi connectivity index (χ2n) is 7.52. The molecule has 3 aromatic rings. The first kappa shape index (κ1) is 20.9. The number of aryl methyl sites for hydroxylation is 1. The molecule has 7 heteroatoms. The number of nitrogens with one attached hydrogen (secondary N) is 1. The van der Waals surface area contributed by atoms with Gasteiger partial charge in [-0.25, -0.2) is 0 Å². The summed E-state index contributed by atoms with van der Waals surface area (Å²) < 4.78 is 5.17. The van der Waals surface area contributed by atoms with Crippen molar-refractivity contribution in [2.24, 2.45) is 5.92 Å². The molecule has 0 aromatic heterocycles. The number of rotatable bonds is 5. The number of ether oxygens (including phenoxy) is 1. The molecule has 1 aliphatic heterocycles. The van der Waals surface area contributed by atoms with Gasteiger partial charge in [-0.05, 0) is 36.1 Å². The molecule has 31 heavy (non-hydrogen) atoms. The van der Waals surface area contributed by atoms with Crippen LogP contribution in [0.5, 0.6) is 0 Å². The van der Waals surface area contributed by atoms with Gasteiger partial charge in [-0.2, -0.15) is 0 Å². The zero-order valence-electron chi connectivity index (χ0n) is 16.9. The molecule has 158 valence electrons. The minimum absolute atomic E-state index is 0.0528. The number of esters is 1. The first-order valence-corrected chi connectivity index (χ1v) is 10.3. The first-order valence-electron chi connectivity index (χ1n) is 9.93. The zero-order chi connectivity index (χ0) is 22.0. The molecule has 3 aromatic carbocycles. The van der Waals surface area contributed by atoms with E-state index in [1.165, 1.54) is 0 Å². The summed E-state index contributed by atoms with van der Waals surface area (Å²) in [6.07, 6.45) is 0.0528. The van der Waals surface area contributed by atoms with E-state index < -0.39 is 24.4 Å². The van der Waals surface area contributed by atoms with Crippen molar-refractivity contribution in [2.45, 2.75) is 13.3 Å². The lowest BCUT2D eigenvalue weighted by Crippen LogP contribution is -2.28. The highest BCUT2D eigenvalue weighted by Crippen LogP contribution is 2.32. The monoisotopic (exact) mass is 436 g/mol. The number of hydrogen-bond acceptors (Lipinski definition) is 4. The number of carbonyl (C=O) groups excluding carboxylic acids is 3. The molecule has 1 aliphatic rings. The molecule has 1 fully saturated rings. The molecule has 0 aliphatic carbocycles. The van der Waals surface area contributed by atoms with Gasteiger partial charge in [0.15, 0.2) is 6.61 Å². The normalized spacial score (nSPS) is 15.9. The summed E-state index contributed by atoms with van der Waals surface area (Å²) in [6, 6.07) is 18.7. The molecule has 1 heterocycles. The fraction of sp³-hybridized carbons (Fsp3) is 0.208. The number of carbonyl (C=O) groups is 3. The quantitative estimate of drug-likeness (QED) is 0.604. The van der Waals surface area contributed by atoms with Gasteiger partial charge in [-0.3, -0.25) is 14.4 Å². The lowest BCUT2D eigenvalue weighted by Gasteiger charge is -2.18. The van der Waals surface area contributed by atoms with Crippen molar-refractivity contribution in [3.8, 4) is 0 Å². The van der Waals surface area contributed by atoms with E-state index in [1.807, 2.05) is 49.4 Å². The molecule has 6 nitrogen and oxygen atoms in total. The van der Waals surface area contributed by atoms with E-state index in [0.717, 1.165) is 22.0 Å². The van der Waals surface area contributed by atoms with Crippen molar-refractivity contribution >= 4 is 51.5 Å². The Balaban J connectivity index is 1.37. The molecule has 1 atom stereocenters. The van der Waals surface area contributed by atoms with Crippen molar-refractivity contribution in [2.75, 3.05) is 23.4 Å². The van der Waals surface area contributed by atoms with Crippen LogP contribution < -0.4 is 10.2 Å². The van der Waals surface area contributed by atoms with Gasteiger partial charge in [-0.1, -0.05) is 54.1 Å². The highest BCUT2D eigenvalue weighted by atomic mass is 35.5. The van der Waals surface area contributed by atoms with E-state index in [1.54, 1.807) is 23.1 Å². The molecule has 2 amide bonds. The Morgan fingerprint density at radius 3 is 2.71 bits per heavy atom. The number of anilines is 2. The topological polar surface area (TPSA) is 75.7 Å². The lowest BCUT2D eigenvalue weighted by molar-refractivity contribution is -0.151. The minimum Gasteiger partial charge on any atom is -0.455 e. The summed E-state index contributed by atoms with van der Waals surface area (Å²) in [7, 11) is 0. The number of nitrogens with zero attached hydrogens (tertiary/aromatic N) is 1. The molecule has 1 N–H and O–H groups in total. The summed E-state index contributed by atoms with van der Waals surface area (Å²) in [5, 5.41) is 5.14. The summed E-state index contributed by atoms with van der Waals surface area (Å²) >= 11 is 6.05. The Morgan fingerprint density at radius 1 is 1.13 bits per heavy atom. The predicted octanol–water partition coefficient (Wildman–Crippen LogP) is 4.34.